The lowest BCUT2D eigenvalue weighted by molar-refractivity contribution is 0.572. The molecule has 2 rings (SSSR count). The zero-order valence-corrected chi connectivity index (χ0v) is 11.3. The molecule has 0 saturated heterocycles. The number of benzene rings is 2. The number of hydrogen-bond acceptors (Lipinski definition) is 1. The summed E-state index contributed by atoms with van der Waals surface area (Å²) >= 11 is 3.09. The molecule has 2 aromatic carbocycles. The Kier molecular flexibility index (Phi) is 3.78. The first-order chi connectivity index (χ1) is 8.50. The van der Waals surface area contributed by atoms with Gasteiger partial charge in [0.2, 0.25) is 0 Å². The van der Waals surface area contributed by atoms with Gasteiger partial charge in [-0.25, -0.2) is 8.78 Å². The quantitative estimate of drug-likeness (QED) is 0.888. The number of aryl methyl sites for hydroxylation is 1. The Balaban J connectivity index is 2.48. The number of halogens is 3. The lowest BCUT2D eigenvalue weighted by atomic mass is 9.98. The summed E-state index contributed by atoms with van der Waals surface area (Å²) in [5.74, 6) is -0.869. The molecule has 0 aromatic heterocycles. The van der Waals surface area contributed by atoms with Crippen molar-refractivity contribution < 1.29 is 8.78 Å². The van der Waals surface area contributed by atoms with Crippen LogP contribution in [0.5, 0.6) is 0 Å². The van der Waals surface area contributed by atoms with Gasteiger partial charge in [-0.2, -0.15) is 0 Å². The highest BCUT2D eigenvalue weighted by molar-refractivity contribution is 9.10. The predicted molar refractivity (Wildman–Crippen MR) is 71.3 cm³/mol. The van der Waals surface area contributed by atoms with Crippen molar-refractivity contribution >= 4 is 15.9 Å². The smallest absolute Gasteiger partial charge is 0.142 e. The minimum Gasteiger partial charge on any atom is -0.320 e. The minimum absolute atomic E-state index is 0.270. The van der Waals surface area contributed by atoms with E-state index in [0.29, 0.717) is 4.47 Å². The fraction of sp³-hybridized carbons (Fsp3) is 0.143. The third-order valence-electron chi connectivity index (χ3n) is 2.81. The Morgan fingerprint density at radius 3 is 2.50 bits per heavy atom. The highest BCUT2D eigenvalue weighted by Crippen LogP contribution is 2.28. The van der Waals surface area contributed by atoms with Crippen molar-refractivity contribution in [1.29, 1.82) is 0 Å². The lowest BCUT2D eigenvalue weighted by Crippen LogP contribution is -2.15. The van der Waals surface area contributed by atoms with Gasteiger partial charge in [-0.05, 0) is 40.5 Å². The van der Waals surface area contributed by atoms with Crippen LogP contribution in [0.15, 0.2) is 40.9 Å². The first-order valence-corrected chi connectivity index (χ1v) is 6.25. The van der Waals surface area contributed by atoms with Crippen LogP contribution in [-0.4, -0.2) is 0 Å². The van der Waals surface area contributed by atoms with Crippen LogP contribution in [0.3, 0.4) is 0 Å². The van der Waals surface area contributed by atoms with Gasteiger partial charge in [0, 0.05) is 11.1 Å². The second-order valence-corrected chi connectivity index (χ2v) is 5.00. The topological polar surface area (TPSA) is 26.0 Å². The third kappa shape index (κ3) is 2.44. The molecule has 0 radical (unpaired) electrons. The van der Waals surface area contributed by atoms with Crippen molar-refractivity contribution in [1.82, 2.24) is 0 Å². The molecule has 2 aromatic rings. The van der Waals surface area contributed by atoms with E-state index < -0.39 is 17.7 Å². The molecule has 0 bridgehead atoms. The largest absolute Gasteiger partial charge is 0.320 e. The lowest BCUT2D eigenvalue weighted by Gasteiger charge is -2.15. The molecular formula is C14H12BrF2N. The molecule has 0 amide bonds. The molecule has 4 heteroatoms. The minimum atomic E-state index is -0.817. The van der Waals surface area contributed by atoms with Gasteiger partial charge in [0.25, 0.3) is 0 Å². The van der Waals surface area contributed by atoms with Gasteiger partial charge in [-0.1, -0.05) is 24.3 Å². The maximum Gasteiger partial charge on any atom is 0.142 e. The maximum absolute atomic E-state index is 13.9. The van der Waals surface area contributed by atoms with Crippen LogP contribution in [0.25, 0.3) is 0 Å². The summed E-state index contributed by atoms with van der Waals surface area (Å²) in [7, 11) is 0. The highest BCUT2D eigenvalue weighted by atomic mass is 79.9. The summed E-state index contributed by atoms with van der Waals surface area (Å²) in [5.41, 5.74) is 7.30. The van der Waals surface area contributed by atoms with Gasteiger partial charge in [0.15, 0.2) is 0 Å². The van der Waals surface area contributed by atoms with Gasteiger partial charge in [0.1, 0.15) is 11.6 Å². The van der Waals surface area contributed by atoms with Crippen LogP contribution in [-0.2, 0) is 0 Å². The van der Waals surface area contributed by atoms with E-state index in [4.69, 9.17) is 5.73 Å². The van der Waals surface area contributed by atoms with Gasteiger partial charge < -0.3 is 5.73 Å². The first-order valence-electron chi connectivity index (χ1n) is 5.46. The van der Waals surface area contributed by atoms with Gasteiger partial charge in [-0.3, -0.25) is 0 Å². The Bertz CT molecular complexity index is 584. The standard InChI is InChI=1S/C14H12BrF2N/c1-8-5-6-9(12(16)7-8)14(18)10-3-2-4-11(15)13(10)17/h2-7,14H,18H2,1H3. The molecule has 0 saturated carbocycles. The van der Waals surface area contributed by atoms with Crippen LogP contribution in [0.2, 0.25) is 0 Å². The summed E-state index contributed by atoms with van der Waals surface area (Å²) in [5, 5.41) is 0. The molecule has 2 N–H and O–H groups in total. The SMILES string of the molecule is Cc1ccc(C(N)c2cccc(Br)c2F)c(F)c1. The number of rotatable bonds is 2. The van der Waals surface area contributed by atoms with E-state index in [2.05, 4.69) is 15.9 Å². The Hall–Kier alpha value is -1.26. The molecule has 0 spiro atoms. The molecule has 1 nitrogen and oxygen atoms in total. The average Bonchev–Trinajstić information content (AvgIpc) is 2.32. The summed E-state index contributed by atoms with van der Waals surface area (Å²) in [4.78, 5) is 0. The van der Waals surface area contributed by atoms with Gasteiger partial charge in [-0.15, -0.1) is 0 Å². The Labute approximate surface area is 113 Å². The summed E-state index contributed by atoms with van der Waals surface area (Å²) < 4.78 is 28.0. The van der Waals surface area contributed by atoms with Crippen LogP contribution >= 0.6 is 15.9 Å². The van der Waals surface area contributed by atoms with E-state index in [9.17, 15) is 8.78 Å². The van der Waals surface area contributed by atoms with Crippen molar-refractivity contribution in [3.63, 3.8) is 0 Å². The molecule has 0 fully saturated rings. The normalized spacial score (nSPS) is 12.5. The fourth-order valence-electron chi connectivity index (χ4n) is 1.81. The van der Waals surface area contributed by atoms with Crippen molar-refractivity contribution in [2.24, 2.45) is 5.73 Å². The summed E-state index contributed by atoms with van der Waals surface area (Å²) in [6, 6.07) is 8.74. The molecular weight excluding hydrogens is 300 g/mol. The monoisotopic (exact) mass is 311 g/mol. The second-order valence-electron chi connectivity index (χ2n) is 4.15. The van der Waals surface area contributed by atoms with Gasteiger partial charge in [0.05, 0.1) is 10.5 Å². The predicted octanol–water partition coefficient (Wildman–Crippen LogP) is 4.08. The number of hydrogen-bond donors (Lipinski definition) is 1. The summed E-state index contributed by atoms with van der Waals surface area (Å²) in [6.07, 6.45) is 0. The number of nitrogens with two attached hydrogens (primary N) is 1. The van der Waals surface area contributed by atoms with Crippen LogP contribution < -0.4 is 5.73 Å². The Morgan fingerprint density at radius 2 is 1.83 bits per heavy atom. The molecule has 0 aliphatic carbocycles. The molecule has 0 heterocycles. The zero-order valence-electron chi connectivity index (χ0n) is 9.75. The average molecular weight is 312 g/mol. The van der Waals surface area contributed by atoms with Crippen LogP contribution in [0.1, 0.15) is 22.7 Å². The first kappa shape index (κ1) is 13.2. The highest BCUT2D eigenvalue weighted by Gasteiger charge is 2.18. The van der Waals surface area contributed by atoms with E-state index in [1.807, 2.05) is 0 Å². The summed E-state index contributed by atoms with van der Waals surface area (Å²) in [6.45, 7) is 1.79. The maximum atomic E-state index is 13.9. The van der Waals surface area contributed by atoms with Crippen molar-refractivity contribution in [2.75, 3.05) is 0 Å². The van der Waals surface area contributed by atoms with E-state index in [-0.39, 0.29) is 11.1 Å². The van der Waals surface area contributed by atoms with Crippen LogP contribution in [0.4, 0.5) is 8.78 Å². The van der Waals surface area contributed by atoms with E-state index in [1.54, 1.807) is 37.3 Å². The van der Waals surface area contributed by atoms with Crippen molar-refractivity contribution in [3.05, 3.63) is 69.2 Å². The second kappa shape index (κ2) is 5.16. The molecule has 1 atom stereocenters. The van der Waals surface area contributed by atoms with Crippen molar-refractivity contribution in [3.8, 4) is 0 Å². The molecule has 0 aliphatic rings. The van der Waals surface area contributed by atoms with E-state index in [1.165, 1.54) is 6.07 Å². The molecule has 0 aliphatic heterocycles. The molecule has 1 unspecified atom stereocenters. The Morgan fingerprint density at radius 1 is 1.11 bits per heavy atom. The van der Waals surface area contributed by atoms with Crippen LogP contribution in [0, 0.1) is 18.6 Å². The van der Waals surface area contributed by atoms with E-state index >= 15 is 0 Å². The van der Waals surface area contributed by atoms with Gasteiger partial charge >= 0.3 is 0 Å². The molecule has 94 valence electrons. The zero-order chi connectivity index (χ0) is 13.3. The van der Waals surface area contributed by atoms with E-state index in [0.717, 1.165) is 5.56 Å². The van der Waals surface area contributed by atoms with Crippen molar-refractivity contribution in [2.45, 2.75) is 13.0 Å². The molecule has 18 heavy (non-hydrogen) atoms. The fourth-order valence-corrected chi connectivity index (χ4v) is 2.19. The third-order valence-corrected chi connectivity index (χ3v) is 3.42.